The Morgan fingerprint density at radius 3 is 2.44 bits per heavy atom. The summed E-state index contributed by atoms with van der Waals surface area (Å²) in [5.41, 5.74) is 0.761. The van der Waals surface area contributed by atoms with Gasteiger partial charge in [0, 0.05) is 11.9 Å². The van der Waals surface area contributed by atoms with Crippen LogP contribution < -0.4 is 5.32 Å². The molecule has 2 N–H and O–H groups in total. The lowest BCUT2D eigenvalue weighted by molar-refractivity contribution is -0.136. The molecule has 0 aliphatic rings. The maximum Gasteiger partial charge on any atom is 0.307 e. The molecule has 1 aromatic carbocycles. The lowest BCUT2D eigenvalue weighted by Gasteiger charge is -2.02. The highest BCUT2D eigenvalue weighted by molar-refractivity contribution is 8.00. The molecule has 0 radical (unpaired) electrons. The van der Waals surface area contributed by atoms with Crippen molar-refractivity contribution in [3.05, 3.63) is 29.8 Å². The summed E-state index contributed by atoms with van der Waals surface area (Å²) in [6, 6.07) is 7.18. The largest absolute Gasteiger partial charge is 0.481 e. The van der Waals surface area contributed by atoms with Gasteiger partial charge in [0.05, 0.1) is 12.2 Å². The fourth-order valence-corrected chi connectivity index (χ4v) is 1.87. The minimum atomic E-state index is -0.842. The van der Waals surface area contributed by atoms with E-state index in [1.807, 2.05) is 12.1 Å². The Morgan fingerprint density at radius 2 is 1.94 bits per heavy atom. The van der Waals surface area contributed by atoms with Gasteiger partial charge in [-0.1, -0.05) is 12.1 Å². The highest BCUT2D eigenvalue weighted by Gasteiger charge is 2.02. The highest BCUT2D eigenvalue weighted by atomic mass is 32.2. The monoisotopic (exact) mass is 239 g/mol. The van der Waals surface area contributed by atoms with Gasteiger partial charge in [0.2, 0.25) is 5.91 Å². The van der Waals surface area contributed by atoms with Crippen LogP contribution in [0, 0.1) is 0 Å². The van der Waals surface area contributed by atoms with Crippen LogP contribution in [0.2, 0.25) is 0 Å². The molecule has 16 heavy (non-hydrogen) atoms. The molecule has 0 spiro atoms. The van der Waals surface area contributed by atoms with E-state index in [0.29, 0.717) is 5.75 Å². The Balaban J connectivity index is 2.51. The van der Waals surface area contributed by atoms with Crippen molar-refractivity contribution < 1.29 is 14.7 Å². The van der Waals surface area contributed by atoms with Crippen LogP contribution in [0.5, 0.6) is 0 Å². The van der Waals surface area contributed by atoms with Crippen molar-refractivity contribution in [1.29, 1.82) is 0 Å². The van der Waals surface area contributed by atoms with Crippen LogP contribution in [0.3, 0.4) is 0 Å². The summed E-state index contributed by atoms with van der Waals surface area (Å²) >= 11 is 1.42. The summed E-state index contributed by atoms with van der Waals surface area (Å²) in [6.45, 7) is 0. The maximum atomic E-state index is 11.0. The van der Waals surface area contributed by atoms with E-state index in [2.05, 4.69) is 5.32 Å². The maximum absolute atomic E-state index is 11.0. The second-order valence-electron chi connectivity index (χ2n) is 3.18. The van der Waals surface area contributed by atoms with Crippen molar-refractivity contribution in [2.24, 2.45) is 0 Å². The van der Waals surface area contributed by atoms with Crippen molar-refractivity contribution in [2.75, 3.05) is 12.8 Å². The fourth-order valence-electron chi connectivity index (χ4n) is 1.10. The summed E-state index contributed by atoms with van der Waals surface area (Å²) in [5, 5.41) is 11.1. The molecule has 0 saturated carbocycles. The number of aliphatic carboxylic acids is 1. The molecule has 0 aromatic heterocycles. The number of carbonyl (C=O) groups excluding carboxylic acids is 1. The second kappa shape index (κ2) is 6.17. The third kappa shape index (κ3) is 4.35. The molecular weight excluding hydrogens is 226 g/mol. The van der Waals surface area contributed by atoms with Gasteiger partial charge in [-0.3, -0.25) is 9.59 Å². The number of benzene rings is 1. The minimum absolute atomic E-state index is 0.0281. The molecule has 0 atom stereocenters. The number of carboxylic acid groups (broad SMARTS) is 1. The molecule has 1 rings (SSSR count). The summed E-state index contributed by atoms with van der Waals surface area (Å²) in [6.07, 6.45) is 0.0282. The molecule has 0 bridgehead atoms. The van der Waals surface area contributed by atoms with E-state index in [-0.39, 0.29) is 12.3 Å². The van der Waals surface area contributed by atoms with Gasteiger partial charge in [-0.05, 0) is 17.7 Å². The first kappa shape index (κ1) is 12.6. The topological polar surface area (TPSA) is 66.4 Å². The van der Waals surface area contributed by atoms with E-state index in [0.717, 1.165) is 10.5 Å². The third-order valence-electron chi connectivity index (χ3n) is 1.93. The number of thioether (sulfide) groups is 1. The molecule has 0 aliphatic heterocycles. The molecule has 0 aliphatic carbocycles. The predicted molar refractivity (Wildman–Crippen MR) is 62.6 cm³/mol. The first-order valence-electron chi connectivity index (χ1n) is 4.76. The third-order valence-corrected chi connectivity index (χ3v) is 2.94. The quantitative estimate of drug-likeness (QED) is 0.756. The van der Waals surface area contributed by atoms with Crippen LogP contribution in [-0.2, 0) is 16.0 Å². The molecule has 0 unspecified atom stereocenters. The Bertz CT molecular complexity index is 375. The molecule has 1 amide bonds. The van der Waals surface area contributed by atoms with Crippen molar-refractivity contribution in [3.8, 4) is 0 Å². The highest BCUT2D eigenvalue weighted by Crippen LogP contribution is 2.18. The Hall–Kier alpha value is -1.49. The van der Waals surface area contributed by atoms with Crippen molar-refractivity contribution in [1.82, 2.24) is 5.32 Å². The zero-order chi connectivity index (χ0) is 12.0. The van der Waals surface area contributed by atoms with Gasteiger partial charge in [0.25, 0.3) is 0 Å². The second-order valence-corrected chi connectivity index (χ2v) is 4.23. The Labute approximate surface area is 98.0 Å². The van der Waals surface area contributed by atoms with E-state index in [1.54, 1.807) is 19.2 Å². The van der Waals surface area contributed by atoms with Crippen molar-refractivity contribution >= 4 is 23.6 Å². The summed E-state index contributed by atoms with van der Waals surface area (Å²) in [7, 11) is 1.60. The Kier molecular flexibility index (Phi) is 4.85. The number of rotatable bonds is 5. The first-order valence-corrected chi connectivity index (χ1v) is 5.74. The number of nitrogens with one attached hydrogen (secondary N) is 1. The molecule has 1 aromatic rings. The smallest absolute Gasteiger partial charge is 0.307 e. The van der Waals surface area contributed by atoms with E-state index in [1.165, 1.54) is 11.8 Å². The van der Waals surface area contributed by atoms with Gasteiger partial charge >= 0.3 is 5.97 Å². The number of carbonyl (C=O) groups is 2. The normalized spacial score (nSPS) is 9.81. The van der Waals surface area contributed by atoms with Crippen LogP contribution >= 0.6 is 11.8 Å². The summed E-state index contributed by atoms with van der Waals surface area (Å²) in [4.78, 5) is 22.4. The average Bonchev–Trinajstić information content (AvgIpc) is 2.27. The standard InChI is InChI=1S/C11H13NO3S/c1-12-10(13)7-16-9-4-2-8(3-5-9)6-11(14)15/h2-5H,6-7H2,1H3,(H,12,13)(H,14,15). The molecule has 5 heteroatoms. The van der Waals surface area contributed by atoms with Crippen molar-refractivity contribution in [3.63, 3.8) is 0 Å². The number of hydrogen-bond acceptors (Lipinski definition) is 3. The zero-order valence-corrected chi connectivity index (χ0v) is 9.71. The molecule has 86 valence electrons. The minimum Gasteiger partial charge on any atom is -0.481 e. The SMILES string of the molecule is CNC(=O)CSc1ccc(CC(=O)O)cc1. The molecule has 0 saturated heterocycles. The average molecular weight is 239 g/mol. The number of amides is 1. The van der Waals surface area contributed by atoms with E-state index in [4.69, 9.17) is 5.11 Å². The lowest BCUT2D eigenvalue weighted by atomic mass is 10.2. The van der Waals surface area contributed by atoms with E-state index in [9.17, 15) is 9.59 Å². The number of hydrogen-bond donors (Lipinski definition) is 2. The predicted octanol–water partition coefficient (Wildman–Crippen LogP) is 1.15. The van der Waals surface area contributed by atoms with Gasteiger partial charge in [0.1, 0.15) is 0 Å². The molecule has 0 fully saturated rings. The van der Waals surface area contributed by atoms with Crippen LogP contribution in [-0.4, -0.2) is 29.8 Å². The Morgan fingerprint density at radius 1 is 1.31 bits per heavy atom. The van der Waals surface area contributed by atoms with Crippen LogP contribution in [0.4, 0.5) is 0 Å². The van der Waals surface area contributed by atoms with Gasteiger partial charge in [-0.15, -0.1) is 11.8 Å². The van der Waals surface area contributed by atoms with Crippen LogP contribution in [0.1, 0.15) is 5.56 Å². The number of carboxylic acids is 1. The zero-order valence-electron chi connectivity index (χ0n) is 8.90. The van der Waals surface area contributed by atoms with E-state index < -0.39 is 5.97 Å². The van der Waals surface area contributed by atoms with Gasteiger partial charge < -0.3 is 10.4 Å². The molecular formula is C11H13NO3S. The van der Waals surface area contributed by atoms with E-state index >= 15 is 0 Å². The van der Waals surface area contributed by atoms with Crippen LogP contribution in [0.25, 0.3) is 0 Å². The van der Waals surface area contributed by atoms with Crippen LogP contribution in [0.15, 0.2) is 29.2 Å². The van der Waals surface area contributed by atoms with Gasteiger partial charge in [-0.25, -0.2) is 0 Å². The summed E-state index contributed by atoms with van der Waals surface area (Å²) in [5.74, 6) is -0.500. The fraction of sp³-hybridized carbons (Fsp3) is 0.273. The lowest BCUT2D eigenvalue weighted by Crippen LogP contribution is -2.19. The summed E-state index contributed by atoms with van der Waals surface area (Å²) < 4.78 is 0. The van der Waals surface area contributed by atoms with Gasteiger partial charge in [-0.2, -0.15) is 0 Å². The van der Waals surface area contributed by atoms with Crippen molar-refractivity contribution in [2.45, 2.75) is 11.3 Å². The molecule has 0 heterocycles. The molecule has 4 nitrogen and oxygen atoms in total. The van der Waals surface area contributed by atoms with Gasteiger partial charge in [0.15, 0.2) is 0 Å². The first-order chi connectivity index (χ1) is 7.61.